The Bertz CT molecular complexity index is 770. The molecule has 0 aliphatic carbocycles. The van der Waals surface area contributed by atoms with Crippen LogP contribution in [0.1, 0.15) is 153 Å². The second kappa shape index (κ2) is 31.5. The van der Waals surface area contributed by atoms with Crippen molar-refractivity contribution < 1.29 is 47.2 Å². The average Bonchev–Trinajstić information content (AvgIpc) is 2.92. The summed E-state index contributed by atoms with van der Waals surface area (Å²) in [6.07, 6.45) is 26.0. The first-order chi connectivity index (χ1) is 18.8. The second-order valence-corrected chi connectivity index (χ2v) is 10.8. The fraction of sp³-hybridized carbons (Fsp3) is 0.706. The molecule has 214 valence electrons. The summed E-state index contributed by atoms with van der Waals surface area (Å²) in [5.74, 6) is 7.45. The van der Waals surface area contributed by atoms with Crippen molar-refractivity contribution in [3.8, 4) is 33.8 Å². The van der Waals surface area contributed by atoms with Crippen LogP contribution in [-0.4, -0.2) is 13.2 Å². The van der Waals surface area contributed by atoms with E-state index < -0.39 is 0 Å². The Morgan fingerprint density at radius 2 is 0.750 bits per heavy atom. The smallest absolute Gasteiger partial charge is 0.724 e. The van der Waals surface area contributed by atoms with Gasteiger partial charge in [-0.3, -0.25) is 0 Å². The Balaban J connectivity index is 0. The molecule has 0 N–H and O–H groups in total. The maximum atomic E-state index is 6.11. The molecule has 0 fully saturated rings. The van der Waals surface area contributed by atoms with Crippen LogP contribution in [0.3, 0.4) is 0 Å². The topological polar surface area (TPSA) is 18.5 Å². The van der Waals surface area contributed by atoms with Crippen molar-refractivity contribution in [2.45, 2.75) is 142 Å². The van der Waals surface area contributed by atoms with Crippen molar-refractivity contribution in [2.75, 3.05) is 13.2 Å². The standard InChI is InChI=1S/C34H54O2S2.2Li/c1-3-5-7-9-11-13-15-17-19-21-25-35-33-29-32(24-28-38)34(30-31(33)23-27-37)36-26-22-20-18-16-14-12-10-8-6-4-2;;/h29-30,37-38H,3-22,25-26H2,1-2H3;;/q;2*+1/p-2. The zero-order chi connectivity index (χ0) is 27.5. The molecular formula is C34H52Li2O2S2. The van der Waals surface area contributed by atoms with Crippen LogP contribution in [0.25, 0.3) is 0 Å². The molecule has 0 atom stereocenters. The van der Waals surface area contributed by atoms with E-state index in [1.54, 1.807) is 0 Å². The van der Waals surface area contributed by atoms with Crippen molar-refractivity contribution in [1.29, 1.82) is 0 Å². The molecule has 1 aromatic carbocycles. The van der Waals surface area contributed by atoms with Crippen LogP contribution in [0.15, 0.2) is 12.1 Å². The molecule has 0 heterocycles. The van der Waals surface area contributed by atoms with E-state index in [2.05, 4.69) is 36.2 Å². The Labute approximate surface area is 283 Å². The van der Waals surface area contributed by atoms with E-state index in [9.17, 15) is 0 Å². The molecular weight excluding hydrogens is 518 g/mol. The predicted octanol–water partition coefficient (Wildman–Crippen LogP) is 4.01. The van der Waals surface area contributed by atoms with Crippen LogP contribution in [0.4, 0.5) is 0 Å². The monoisotopic (exact) mass is 570 g/mol. The summed E-state index contributed by atoms with van der Waals surface area (Å²) >= 11 is 9.87. The molecule has 0 bridgehead atoms. The van der Waals surface area contributed by atoms with E-state index >= 15 is 0 Å². The Kier molecular flexibility index (Phi) is 32.9. The Hall–Kier alpha value is -0.425. The zero-order valence-electron chi connectivity index (χ0n) is 26.3. The van der Waals surface area contributed by atoms with Gasteiger partial charge in [0.1, 0.15) is 11.5 Å². The first kappa shape index (κ1) is 41.7. The number of ether oxygens (including phenoxy) is 2. The van der Waals surface area contributed by atoms with Gasteiger partial charge in [0.2, 0.25) is 0 Å². The van der Waals surface area contributed by atoms with Gasteiger partial charge in [-0.2, -0.15) is 0 Å². The Morgan fingerprint density at radius 1 is 0.475 bits per heavy atom. The molecule has 0 aliphatic heterocycles. The number of hydrogen-bond donors (Lipinski definition) is 0. The van der Waals surface area contributed by atoms with Gasteiger partial charge < -0.3 is 34.7 Å². The quantitative estimate of drug-likeness (QED) is 0.0809. The van der Waals surface area contributed by atoms with Crippen LogP contribution >= 0.6 is 0 Å². The van der Waals surface area contributed by atoms with E-state index in [1.807, 2.05) is 12.1 Å². The first-order valence-electron chi connectivity index (χ1n) is 15.5. The van der Waals surface area contributed by atoms with Gasteiger partial charge in [-0.15, -0.1) is 0 Å². The number of rotatable bonds is 24. The number of hydrogen-bond acceptors (Lipinski definition) is 4. The van der Waals surface area contributed by atoms with Crippen molar-refractivity contribution >= 4 is 25.3 Å². The van der Waals surface area contributed by atoms with Crippen molar-refractivity contribution in [2.24, 2.45) is 0 Å². The minimum absolute atomic E-state index is 0. The first-order valence-corrected chi connectivity index (χ1v) is 16.3. The van der Waals surface area contributed by atoms with Gasteiger partial charge in [0.05, 0.1) is 24.3 Å². The van der Waals surface area contributed by atoms with Gasteiger partial charge in [-0.05, 0) is 12.8 Å². The molecule has 0 aliphatic rings. The SMILES string of the molecule is CCCCCCCCCCCCOc1cc(C#C[S-])c(OCCCCCCCCCCCC)cc1C#C[S-].[Li+].[Li+]. The molecule has 0 saturated heterocycles. The van der Waals surface area contributed by atoms with Gasteiger partial charge >= 0.3 is 37.7 Å². The molecule has 1 aromatic rings. The third kappa shape index (κ3) is 22.2. The number of unbranched alkanes of at least 4 members (excludes halogenated alkanes) is 18. The molecule has 1 rings (SSSR count). The van der Waals surface area contributed by atoms with Crippen LogP contribution in [0, 0.1) is 22.3 Å². The predicted molar refractivity (Wildman–Crippen MR) is 170 cm³/mol. The van der Waals surface area contributed by atoms with E-state index in [4.69, 9.17) is 34.7 Å². The van der Waals surface area contributed by atoms with Crippen LogP contribution in [0.2, 0.25) is 0 Å². The summed E-state index contributed by atoms with van der Waals surface area (Å²) in [7, 11) is 0. The second-order valence-electron chi connectivity index (χ2n) is 10.4. The fourth-order valence-electron chi connectivity index (χ4n) is 4.65. The van der Waals surface area contributed by atoms with Crippen molar-refractivity contribution in [3.05, 3.63) is 23.3 Å². The molecule has 0 unspecified atom stereocenters. The zero-order valence-corrected chi connectivity index (χ0v) is 28.0. The van der Waals surface area contributed by atoms with Crippen molar-refractivity contribution in [3.63, 3.8) is 0 Å². The summed E-state index contributed by atoms with van der Waals surface area (Å²) in [4.78, 5) is 0. The average molecular weight is 571 g/mol. The van der Waals surface area contributed by atoms with Gasteiger partial charge in [-0.1, -0.05) is 141 Å². The van der Waals surface area contributed by atoms with E-state index in [0.29, 0.717) is 13.2 Å². The third-order valence-corrected chi connectivity index (χ3v) is 7.17. The summed E-state index contributed by atoms with van der Waals surface area (Å²) in [6, 6.07) is 3.83. The summed E-state index contributed by atoms with van der Waals surface area (Å²) in [5.41, 5.74) is 1.53. The van der Waals surface area contributed by atoms with Gasteiger partial charge in [0, 0.05) is 12.1 Å². The van der Waals surface area contributed by atoms with Gasteiger partial charge in [0.15, 0.2) is 0 Å². The van der Waals surface area contributed by atoms with Gasteiger partial charge in [0.25, 0.3) is 0 Å². The molecule has 40 heavy (non-hydrogen) atoms. The normalized spacial score (nSPS) is 9.85. The molecule has 0 spiro atoms. The fourth-order valence-corrected chi connectivity index (χ4v) is 4.87. The minimum Gasteiger partial charge on any atom is -0.724 e. The van der Waals surface area contributed by atoms with Crippen LogP contribution in [0.5, 0.6) is 11.5 Å². The Morgan fingerprint density at radius 3 is 1.02 bits per heavy atom. The molecule has 2 nitrogen and oxygen atoms in total. The van der Waals surface area contributed by atoms with Crippen LogP contribution in [-0.2, 0) is 25.3 Å². The molecule has 0 radical (unpaired) electrons. The summed E-state index contributed by atoms with van der Waals surface area (Å²) in [5, 5.41) is 5.20. The maximum Gasteiger partial charge on any atom is 1.00 e. The van der Waals surface area contributed by atoms with Crippen LogP contribution < -0.4 is 47.2 Å². The maximum absolute atomic E-state index is 6.11. The van der Waals surface area contributed by atoms with E-state index in [1.165, 1.54) is 116 Å². The summed E-state index contributed by atoms with van der Waals surface area (Å²) < 4.78 is 12.2. The third-order valence-electron chi connectivity index (χ3n) is 6.96. The summed E-state index contributed by atoms with van der Waals surface area (Å²) in [6.45, 7) is 5.87. The molecule has 0 saturated carbocycles. The number of benzene rings is 1. The van der Waals surface area contributed by atoms with Crippen molar-refractivity contribution in [1.82, 2.24) is 0 Å². The largest absolute Gasteiger partial charge is 1.00 e. The molecule has 0 amide bonds. The minimum atomic E-state index is 0. The molecule has 0 aromatic heterocycles. The van der Waals surface area contributed by atoms with Gasteiger partial charge in [-0.25, -0.2) is 10.5 Å². The van der Waals surface area contributed by atoms with E-state index in [0.717, 1.165) is 35.5 Å². The molecule has 6 heteroatoms. The van der Waals surface area contributed by atoms with E-state index in [-0.39, 0.29) is 37.7 Å².